The van der Waals surface area contributed by atoms with Gasteiger partial charge in [-0.2, -0.15) is 0 Å². The molecule has 0 radical (unpaired) electrons. The van der Waals surface area contributed by atoms with Gasteiger partial charge in [0.1, 0.15) is 5.69 Å². The van der Waals surface area contributed by atoms with Gasteiger partial charge in [0.15, 0.2) is 5.65 Å². The number of hydrogen-bond acceptors (Lipinski definition) is 4. The highest BCUT2D eigenvalue weighted by molar-refractivity contribution is 6.00. The van der Waals surface area contributed by atoms with Crippen LogP contribution in [0.25, 0.3) is 5.65 Å². The molecular formula is C20H20N4O3. The zero-order valence-electron chi connectivity index (χ0n) is 14.9. The normalized spacial score (nSPS) is 10.6. The van der Waals surface area contributed by atoms with Crippen molar-refractivity contribution in [1.82, 2.24) is 14.7 Å². The van der Waals surface area contributed by atoms with Crippen LogP contribution in [-0.2, 0) is 11.2 Å². The molecule has 1 aromatic carbocycles. The van der Waals surface area contributed by atoms with Gasteiger partial charge in [0.05, 0.1) is 18.2 Å². The Morgan fingerprint density at radius 1 is 1.11 bits per heavy atom. The van der Waals surface area contributed by atoms with Crippen LogP contribution in [0.3, 0.4) is 0 Å². The molecular weight excluding hydrogens is 344 g/mol. The Morgan fingerprint density at radius 2 is 1.89 bits per heavy atom. The number of benzene rings is 1. The molecule has 2 aromatic heterocycles. The molecule has 7 heteroatoms. The highest BCUT2D eigenvalue weighted by atomic mass is 16.2. The van der Waals surface area contributed by atoms with Gasteiger partial charge >= 0.3 is 0 Å². The molecule has 2 amide bonds. The van der Waals surface area contributed by atoms with E-state index in [4.69, 9.17) is 0 Å². The summed E-state index contributed by atoms with van der Waals surface area (Å²) in [6.07, 6.45) is 3.77. The number of aromatic nitrogens is 2. The molecule has 0 aliphatic rings. The first-order valence-corrected chi connectivity index (χ1v) is 8.72. The minimum Gasteiger partial charge on any atom is -0.352 e. The van der Waals surface area contributed by atoms with E-state index in [1.165, 1.54) is 16.8 Å². The molecule has 0 unspecified atom stereocenters. The van der Waals surface area contributed by atoms with Crippen molar-refractivity contribution >= 4 is 23.1 Å². The Hall–Kier alpha value is -3.48. The van der Waals surface area contributed by atoms with Crippen LogP contribution in [0.1, 0.15) is 29.3 Å². The van der Waals surface area contributed by atoms with Crippen LogP contribution in [0.15, 0.2) is 59.7 Å². The predicted octanol–water partition coefficient (Wildman–Crippen LogP) is 2.02. The van der Waals surface area contributed by atoms with Crippen molar-refractivity contribution in [3.63, 3.8) is 0 Å². The number of anilines is 1. The molecule has 0 aliphatic heterocycles. The molecule has 3 aromatic rings. The largest absolute Gasteiger partial charge is 0.352 e. The lowest BCUT2D eigenvalue weighted by Gasteiger charge is -2.09. The van der Waals surface area contributed by atoms with Crippen LogP contribution >= 0.6 is 0 Å². The number of carbonyl (C=O) groups is 2. The van der Waals surface area contributed by atoms with E-state index in [0.29, 0.717) is 12.1 Å². The average molecular weight is 364 g/mol. The van der Waals surface area contributed by atoms with Gasteiger partial charge in [-0.15, -0.1) is 0 Å². The van der Waals surface area contributed by atoms with Crippen LogP contribution < -0.4 is 16.2 Å². The summed E-state index contributed by atoms with van der Waals surface area (Å²) in [5.41, 5.74) is 1.03. The van der Waals surface area contributed by atoms with E-state index in [2.05, 4.69) is 15.6 Å². The lowest BCUT2D eigenvalue weighted by Crippen LogP contribution is -2.28. The van der Waals surface area contributed by atoms with Crippen molar-refractivity contribution in [1.29, 1.82) is 0 Å². The van der Waals surface area contributed by atoms with Gasteiger partial charge in [0.2, 0.25) is 5.91 Å². The maximum Gasteiger partial charge on any atom is 0.281 e. The summed E-state index contributed by atoms with van der Waals surface area (Å²) in [7, 11) is 0. The minimum absolute atomic E-state index is 0.0690. The van der Waals surface area contributed by atoms with E-state index in [9.17, 15) is 14.4 Å². The van der Waals surface area contributed by atoms with Gasteiger partial charge in [-0.05, 0) is 24.1 Å². The molecule has 0 fully saturated rings. The minimum atomic E-state index is -0.438. The summed E-state index contributed by atoms with van der Waals surface area (Å²) in [4.78, 5) is 41.4. The zero-order valence-corrected chi connectivity index (χ0v) is 14.9. The van der Waals surface area contributed by atoms with E-state index < -0.39 is 5.56 Å². The van der Waals surface area contributed by atoms with Crippen molar-refractivity contribution < 1.29 is 9.59 Å². The topological polar surface area (TPSA) is 92.6 Å². The fourth-order valence-corrected chi connectivity index (χ4v) is 2.68. The number of fused-ring (bicyclic) bond motifs is 1. The molecule has 0 atom stereocenters. The molecule has 0 saturated heterocycles. The Labute approximate surface area is 156 Å². The molecule has 138 valence electrons. The SMILES string of the molecule is CCCNC(=O)c1cccn2c(=O)c(NC(=O)Cc3ccccc3)cnc12. The Morgan fingerprint density at radius 3 is 2.63 bits per heavy atom. The van der Waals surface area contributed by atoms with Crippen molar-refractivity contribution in [2.45, 2.75) is 19.8 Å². The van der Waals surface area contributed by atoms with Gasteiger partial charge in [-0.3, -0.25) is 18.8 Å². The first kappa shape index (κ1) is 18.3. The summed E-state index contributed by atoms with van der Waals surface area (Å²) in [6.45, 7) is 2.49. The lowest BCUT2D eigenvalue weighted by atomic mass is 10.1. The molecule has 0 aliphatic carbocycles. The first-order chi connectivity index (χ1) is 13.1. The monoisotopic (exact) mass is 364 g/mol. The van der Waals surface area contributed by atoms with E-state index >= 15 is 0 Å². The fourth-order valence-electron chi connectivity index (χ4n) is 2.68. The number of pyridine rings is 1. The van der Waals surface area contributed by atoms with E-state index in [-0.39, 0.29) is 29.6 Å². The number of rotatable bonds is 6. The number of amides is 2. The van der Waals surface area contributed by atoms with E-state index in [1.807, 2.05) is 37.3 Å². The maximum absolute atomic E-state index is 12.7. The first-order valence-electron chi connectivity index (χ1n) is 8.72. The summed E-state index contributed by atoms with van der Waals surface area (Å²) < 4.78 is 1.26. The summed E-state index contributed by atoms with van der Waals surface area (Å²) >= 11 is 0. The Bertz CT molecular complexity index is 1030. The van der Waals surface area contributed by atoms with Crippen molar-refractivity contribution in [2.24, 2.45) is 0 Å². The maximum atomic E-state index is 12.7. The smallest absolute Gasteiger partial charge is 0.281 e. The molecule has 0 spiro atoms. The highest BCUT2D eigenvalue weighted by Crippen LogP contribution is 2.09. The Balaban J connectivity index is 1.86. The highest BCUT2D eigenvalue weighted by Gasteiger charge is 2.14. The van der Waals surface area contributed by atoms with Crippen LogP contribution in [0.5, 0.6) is 0 Å². The third-order valence-corrected chi connectivity index (χ3v) is 3.99. The molecule has 0 saturated carbocycles. The van der Waals surface area contributed by atoms with Gasteiger partial charge in [-0.1, -0.05) is 37.3 Å². The number of nitrogens with zero attached hydrogens (tertiary/aromatic N) is 2. The lowest BCUT2D eigenvalue weighted by molar-refractivity contribution is -0.115. The van der Waals surface area contributed by atoms with Gasteiger partial charge in [0.25, 0.3) is 11.5 Å². The van der Waals surface area contributed by atoms with Crippen molar-refractivity contribution in [2.75, 3.05) is 11.9 Å². The van der Waals surface area contributed by atoms with E-state index in [1.54, 1.807) is 12.1 Å². The second kappa shape index (κ2) is 8.27. The second-order valence-corrected chi connectivity index (χ2v) is 6.06. The van der Waals surface area contributed by atoms with Gasteiger partial charge < -0.3 is 10.6 Å². The quantitative estimate of drug-likeness (QED) is 0.700. The summed E-state index contributed by atoms with van der Waals surface area (Å²) in [5.74, 6) is -0.598. The van der Waals surface area contributed by atoms with Gasteiger partial charge in [-0.25, -0.2) is 4.98 Å². The van der Waals surface area contributed by atoms with Crippen molar-refractivity contribution in [3.05, 3.63) is 76.3 Å². The molecule has 3 rings (SSSR count). The average Bonchev–Trinajstić information content (AvgIpc) is 2.68. The standard InChI is InChI=1S/C20H20N4O3/c1-2-10-21-19(26)15-9-6-11-24-18(15)22-13-16(20(24)27)23-17(25)12-14-7-4-3-5-8-14/h3-9,11,13H,2,10,12H2,1H3,(H,21,26)(H,23,25). The van der Waals surface area contributed by atoms with Crippen LogP contribution in [0.2, 0.25) is 0 Å². The van der Waals surface area contributed by atoms with Crippen molar-refractivity contribution in [3.8, 4) is 0 Å². The predicted molar refractivity (Wildman–Crippen MR) is 103 cm³/mol. The van der Waals surface area contributed by atoms with Crippen LogP contribution in [0.4, 0.5) is 5.69 Å². The number of carbonyl (C=O) groups excluding carboxylic acids is 2. The summed E-state index contributed by atoms with van der Waals surface area (Å²) in [6, 6.07) is 12.5. The molecule has 7 nitrogen and oxygen atoms in total. The summed E-state index contributed by atoms with van der Waals surface area (Å²) in [5, 5.41) is 5.37. The van der Waals surface area contributed by atoms with E-state index in [0.717, 1.165) is 12.0 Å². The second-order valence-electron chi connectivity index (χ2n) is 6.06. The van der Waals surface area contributed by atoms with Crippen LogP contribution in [-0.4, -0.2) is 27.7 Å². The van der Waals surface area contributed by atoms with Gasteiger partial charge in [0, 0.05) is 12.7 Å². The van der Waals surface area contributed by atoms with Crippen LogP contribution in [0, 0.1) is 0 Å². The molecule has 2 heterocycles. The molecule has 27 heavy (non-hydrogen) atoms. The third kappa shape index (κ3) is 4.20. The zero-order chi connectivity index (χ0) is 19.2. The Kier molecular flexibility index (Phi) is 5.61. The number of hydrogen-bond donors (Lipinski definition) is 2. The number of nitrogens with one attached hydrogen (secondary N) is 2. The molecule has 2 N–H and O–H groups in total. The fraction of sp³-hybridized carbons (Fsp3) is 0.200. The third-order valence-electron chi connectivity index (χ3n) is 3.99. The molecule has 0 bridgehead atoms.